The second-order valence-electron chi connectivity index (χ2n) is 8.98. The molecule has 0 aliphatic carbocycles. The average molecular weight is 486 g/mol. The largest absolute Gasteiger partial charge is 0.484 e. The number of ketones is 1. The highest BCUT2D eigenvalue weighted by molar-refractivity contribution is 6.09. The third-order valence-corrected chi connectivity index (χ3v) is 6.35. The Morgan fingerprint density at radius 1 is 0.778 bits per heavy atom. The molecule has 186 valence electrons. The van der Waals surface area contributed by atoms with E-state index >= 15 is 0 Å². The maximum atomic E-state index is 12.6. The summed E-state index contributed by atoms with van der Waals surface area (Å²) in [5, 5.41) is 3.02. The van der Waals surface area contributed by atoms with Crippen LogP contribution in [0, 0.1) is 13.8 Å². The van der Waals surface area contributed by atoms with Crippen molar-refractivity contribution in [3.63, 3.8) is 0 Å². The van der Waals surface area contributed by atoms with Gasteiger partial charge in [0.05, 0.1) is 6.54 Å². The van der Waals surface area contributed by atoms with Gasteiger partial charge in [-0.05, 0) is 49.2 Å². The average Bonchev–Trinajstić information content (AvgIpc) is 2.90. The molecule has 1 aliphatic heterocycles. The molecule has 0 spiro atoms. The first-order valence-electron chi connectivity index (χ1n) is 12.1. The number of ether oxygens (including phenoxy) is 1. The highest BCUT2D eigenvalue weighted by atomic mass is 16.5. The number of piperazine rings is 1. The summed E-state index contributed by atoms with van der Waals surface area (Å²) in [6, 6.07) is 21.8. The molecule has 1 N–H and O–H groups in total. The van der Waals surface area contributed by atoms with Gasteiger partial charge in [0.15, 0.2) is 12.4 Å². The first-order valence-corrected chi connectivity index (χ1v) is 12.1. The number of rotatable bonds is 8. The fourth-order valence-corrected chi connectivity index (χ4v) is 4.24. The number of nitrogens with zero attached hydrogens (tertiary/aromatic N) is 2. The predicted molar refractivity (Wildman–Crippen MR) is 139 cm³/mol. The molecular weight excluding hydrogens is 454 g/mol. The van der Waals surface area contributed by atoms with Gasteiger partial charge in [-0.1, -0.05) is 48.5 Å². The maximum absolute atomic E-state index is 12.6. The topological polar surface area (TPSA) is 79.0 Å². The molecule has 7 nitrogen and oxygen atoms in total. The molecule has 36 heavy (non-hydrogen) atoms. The van der Waals surface area contributed by atoms with E-state index in [2.05, 4.69) is 10.2 Å². The van der Waals surface area contributed by atoms with Crippen molar-refractivity contribution in [1.82, 2.24) is 9.80 Å². The molecule has 0 radical (unpaired) electrons. The van der Waals surface area contributed by atoms with Gasteiger partial charge < -0.3 is 15.0 Å². The van der Waals surface area contributed by atoms with Crippen LogP contribution in [0.3, 0.4) is 0 Å². The normalized spacial score (nSPS) is 13.8. The third kappa shape index (κ3) is 6.37. The number of benzene rings is 3. The summed E-state index contributed by atoms with van der Waals surface area (Å²) in [5.41, 5.74) is 4.14. The van der Waals surface area contributed by atoms with E-state index in [1.54, 1.807) is 41.3 Å². The highest BCUT2D eigenvalue weighted by Gasteiger charge is 2.23. The summed E-state index contributed by atoms with van der Waals surface area (Å²) in [7, 11) is 0. The number of hydrogen-bond acceptors (Lipinski definition) is 5. The number of anilines is 1. The van der Waals surface area contributed by atoms with Crippen LogP contribution in [0.5, 0.6) is 5.75 Å². The summed E-state index contributed by atoms with van der Waals surface area (Å²) in [5.74, 6) is 0.331. The Kier molecular flexibility index (Phi) is 8.13. The van der Waals surface area contributed by atoms with Gasteiger partial charge in [0.25, 0.3) is 5.91 Å². The minimum absolute atomic E-state index is 0.0512. The van der Waals surface area contributed by atoms with E-state index < -0.39 is 0 Å². The molecule has 0 aromatic heterocycles. The van der Waals surface area contributed by atoms with E-state index in [0.717, 1.165) is 16.8 Å². The lowest BCUT2D eigenvalue weighted by Crippen LogP contribution is -2.51. The second kappa shape index (κ2) is 11.6. The standard InChI is InChI=1S/C29H31N3O4/c1-21-7-6-8-22(2)28(21)30-26(33)19-31-15-17-32(18-16-31)27(34)20-36-25-13-11-24(12-14-25)29(35)23-9-4-3-5-10-23/h3-14H,15-20H2,1-2H3,(H,30,33). The van der Waals surface area contributed by atoms with Crippen LogP contribution in [-0.4, -0.2) is 66.7 Å². The van der Waals surface area contributed by atoms with Gasteiger partial charge in [0.2, 0.25) is 5.91 Å². The molecular formula is C29H31N3O4. The Morgan fingerprint density at radius 2 is 1.39 bits per heavy atom. The van der Waals surface area contributed by atoms with Gasteiger partial charge in [-0.2, -0.15) is 0 Å². The van der Waals surface area contributed by atoms with Gasteiger partial charge in [-0.3, -0.25) is 19.3 Å². The predicted octanol–water partition coefficient (Wildman–Crippen LogP) is 3.70. The molecule has 3 aromatic rings. The van der Waals surface area contributed by atoms with Gasteiger partial charge in [-0.25, -0.2) is 0 Å². The molecule has 3 aromatic carbocycles. The zero-order valence-corrected chi connectivity index (χ0v) is 20.7. The van der Waals surface area contributed by atoms with E-state index in [1.807, 2.05) is 50.2 Å². The molecule has 0 saturated carbocycles. The molecule has 4 rings (SSSR count). The Balaban J connectivity index is 1.20. The van der Waals surface area contributed by atoms with E-state index in [1.165, 1.54) is 0 Å². The number of nitrogens with one attached hydrogen (secondary N) is 1. The first-order chi connectivity index (χ1) is 17.4. The number of carbonyl (C=O) groups is 3. The van der Waals surface area contributed by atoms with Crippen molar-refractivity contribution < 1.29 is 19.1 Å². The monoisotopic (exact) mass is 485 g/mol. The first kappa shape index (κ1) is 25.1. The Labute approximate surface area is 211 Å². The lowest BCUT2D eigenvalue weighted by atomic mass is 10.0. The molecule has 0 atom stereocenters. The van der Waals surface area contributed by atoms with Crippen molar-refractivity contribution >= 4 is 23.3 Å². The fraction of sp³-hybridized carbons (Fsp3) is 0.276. The van der Waals surface area contributed by atoms with Gasteiger partial charge in [-0.15, -0.1) is 0 Å². The van der Waals surface area contributed by atoms with Crippen LogP contribution in [0.4, 0.5) is 5.69 Å². The van der Waals surface area contributed by atoms with Crippen LogP contribution >= 0.6 is 0 Å². The third-order valence-electron chi connectivity index (χ3n) is 6.35. The summed E-state index contributed by atoms with van der Waals surface area (Å²) in [6.45, 7) is 6.53. The number of aryl methyl sites for hydroxylation is 2. The molecule has 1 heterocycles. The van der Waals surface area contributed by atoms with Crippen molar-refractivity contribution in [3.05, 3.63) is 95.1 Å². The summed E-state index contributed by atoms with van der Waals surface area (Å²) >= 11 is 0. The molecule has 1 fully saturated rings. The quantitative estimate of drug-likeness (QED) is 0.493. The van der Waals surface area contributed by atoms with Gasteiger partial charge in [0.1, 0.15) is 5.75 Å². The molecule has 0 bridgehead atoms. The van der Waals surface area contributed by atoms with Gasteiger partial charge in [0, 0.05) is 43.0 Å². The van der Waals surface area contributed by atoms with Crippen LogP contribution in [0.2, 0.25) is 0 Å². The minimum Gasteiger partial charge on any atom is -0.484 e. The fourth-order valence-electron chi connectivity index (χ4n) is 4.24. The molecule has 2 amide bonds. The smallest absolute Gasteiger partial charge is 0.260 e. The number of carbonyl (C=O) groups excluding carboxylic acids is 3. The zero-order chi connectivity index (χ0) is 25.5. The van der Waals surface area contributed by atoms with Crippen LogP contribution in [-0.2, 0) is 9.59 Å². The minimum atomic E-state index is -0.0981. The van der Waals surface area contributed by atoms with Gasteiger partial charge >= 0.3 is 0 Å². The SMILES string of the molecule is Cc1cccc(C)c1NC(=O)CN1CCN(C(=O)COc2ccc(C(=O)c3ccccc3)cc2)CC1. The number of hydrogen-bond donors (Lipinski definition) is 1. The summed E-state index contributed by atoms with van der Waals surface area (Å²) in [4.78, 5) is 41.5. The van der Waals surface area contributed by atoms with E-state index in [0.29, 0.717) is 49.6 Å². The van der Waals surface area contributed by atoms with E-state index in [4.69, 9.17) is 4.74 Å². The Morgan fingerprint density at radius 3 is 2.03 bits per heavy atom. The second-order valence-corrected chi connectivity index (χ2v) is 8.98. The van der Waals surface area contributed by atoms with Crippen molar-refractivity contribution in [2.24, 2.45) is 0 Å². The van der Waals surface area contributed by atoms with Crippen LogP contribution in [0.25, 0.3) is 0 Å². The highest BCUT2D eigenvalue weighted by Crippen LogP contribution is 2.19. The Hall–Kier alpha value is -3.97. The molecule has 7 heteroatoms. The molecule has 0 unspecified atom stereocenters. The molecule has 1 aliphatic rings. The van der Waals surface area contributed by atoms with Crippen molar-refractivity contribution in [2.75, 3.05) is 44.6 Å². The maximum Gasteiger partial charge on any atom is 0.260 e. The Bertz CT molecular complexity index is 1200. The number of para-hydroxylation sites is 1. The van der Waals surface area contributed by atoms with E-state index in [-0.39, 0.29) is 24.2 Å². The zero-order valence-electron chi connectivity index (χ0n) is 20.7. The van der Waals surface area contributed by atoms with Crippen molar-refractivity contribution in [2.45, 2.75) is 13.8 Å². The van der Waals surface area contributed by atoms with E-state index in [9.17, 15) is 14.4 Å². The lowest BCUT2D eigenvalue weighted by Gasteiger charge is -2.34. The number of amides is 2. The van der Waals surface area contributed by atoms with Crippen LogP contribution in [0.1, 0.15) is 27.0 Å². The lowest BCUT2D eigenvalue weighted by molar-refractivity contribution is -0.135. The summed E-state index contributed by atoms with van der Waals surface area (Å²) < 4.78 is 5.66. The van der Waals surface area contributed by atoms with Crippen molar-refractivity contribution in [1.29, 1.82) is 0 Å². The van der Waals surface area contributed by atoms with Crippen molar-refractivity contribution in [3.8, 4) is 5.75 Å². The van der Waals surface area contributed by atoms with Crippen LogP contribution in [0.15, 0.2) is 72.8 Å². The summed E-state index contributed by atoms with van der Waals surface area (Å²) in [6.07, 6.45) is 0. The molecule has 1 saturated heterocycles. The van der Waals surface area contributed by atoms with Crippen LogP contribution < -0.4 is 10.1 Å².